The molecule has 1 N–H and O–H groups in total. The molecule has 0 saturated carbocycles. The van der Waals surface area contributed by atoms with Gasteiger partial charge in [0.05, 0.1) is 11.8 Å². The van der Waals surface area contributed by atoms with Crippen molar-refractivity contribution in [2.45, 2.75) is 13.1 Å². The van der Waals surface area contributed by atoms with Crippen LogP contribution in [-0.2, 0) is 11.0 Å². The lowest BCUT2D eigenvalue weighted by Gasteiger charge is -2.05. The van der Waals surface area contributed by atoms with Gasteiger partial charge in [0.2, 0.25) is 5.91 Å². The van der Waals surface area contributed by atoms with E-state index in [2.05, 4.69) is 10.5 Å². The second-order valence-electron chi connectivity index (χ2n) is 3.05. The standard InChI is InChI=1S/C10H9F3N2O/c1-7(16)15-14-6-8-2-4-9(5-3-8)10(11,12)13/h2-6H,1H3,(H,15,16). The number of alkyl halides is 3. The zero-order valence-electron chi connectivity index (χ0n) is 8.38. The first-order valence-electron chi connectivity index (χ1n) is 4.36. The summed E-state index contributed by atoms with van der Waals surface area (Å²) in [5.41, 5.74) is 1.90. The van der Waals surface area contributed by atoms with Crippen molar-refractivity contribution in [2.75, 3.05) is 0 Å². The molecule has 1 amide bonds. The maximum Gasteiger partial charge on any atom is 0.416 e. The van der Waals surface area contributed by atoms with Crippen LogP contribution >= 0.6 is 0 Å². The third-order valence-corrected chi connectivity index (χ3v) is 1.67. The molecule has 0 unspecified atom stereocenters. The van der Waals surface area contributed by atoms with Crippen LogP contribution in [0.3, 0.4) is 0 Å². The molecule has 0 bridgehead atoms. The largest absolute Gasteiger partial charge is 0.416 e. The highest BCUT2D eigenvalue weighted by Crippen LogP contribution is 2.28. The summed E-state index contributed by atoms with van der Waals surface area (Å²) < 4.78 is 36.6. The number of rotatable bonds is 2. The van der Waals surface area contributed by atoms with Crippen LogP contribution in [0, 0.1) is 0 Å². The molecule has 0 aliphatic heterocycles. The van der Waals surface area contributed by atoms with Gasteiger partial charge in [-0.15, -0.1) is 0 Å². The van der Waals surface area contributed by atoms with Gasteiger partial charge in [0.1, 0.15) is 0 Å². The van der Waals surface area contributed by atoms with Crippen molar-refractivity contribution >= 4 is 12.1 Å². The highest BCUT2D eigenvalue weighted by Gasteiger charge is 2.29. The minimum atomic E-state index is -4.34. The Kier molecular flexibility index (Phi) is 3.65. The molecule has 0 heterocycles. The van der Waals surface area contributed by atoms with Crippen LogP contribution in [0.2, 0.25) is 0 Å². The van der Waals surface area contributed by atoms with E-state index in [1.54, 1.807) is 0 Å². The maximum atomic E-state index is 12.2. The van der Waals surface area contributed by atoms with Gasteiger partial charge in [-0.25, -0.2) is 5.43 Å². The number of carbonyl (C=O) groups excluding carboxylic acids is 1. The molecule has 0 atom stereocenters. The molecule has 0 aliphatic rings. The third kappa shape index (κ3) is 3.72. The average Bonchev–Trinajstić information content (AvgIpc) is 2.16. The van der Waals surface area contributed by atoms with Crippen LogP contribution in [0.25, 0.3) is 0 Å². The van der Waals surface area contributed by atoms with E-state index in [-0.39, 0.29) is 5.91 Å². The molecule has 0 spiro atoms. The van der Waals surface area contributed by atoms with Gasteiger partial charge in [0.15, 0.2) is 0 Å². The molecule has 1 aromatic rings. The summed E-state index contributed by atoms with van der Waals surface area (Å²) in [7, 11) is 0. The summed E-state index contributed by atoms with van der Waals surface area (Å²) in [6, 6.07) is 4.45. The van der Waals surface area contributed by atoms with E-state index in [0.29, 0.717) is 5.56 Å². The fraction of sp³-hybridized carbons (Fsp3) is 0.200. The molecule has 0 radical (unpaired) electrons. The lowest BCUT2D eigenvalue weighted by molar-refractivity contribution is -0.137. The van der Waals surface area contributed by atoms with Gasteiger partial charge in [-0.3, -0.25) is 4.79 Å². The Hall–Kier alpha value is -1.85. The topological polar surface area (TPSA) is 41.5 Å². The van der Waals surface area contributed by atoms with Crippen LogP contribution in [0.5, 0.6) is 0 Å². The molecule has 3 nitrogen and oxygen atoms in total. The smallest absolute Gasteiger partial charge is 0.274 e. The summed E-state index contributed by atoms with van der Waals surface area (Å²) >= 11 is 0. The molecule has 1 aromatic carbocycles. The Morgan fingerprint density at radius 1 is 1.31 bits per heavy atom. The second kappa shape index (κ2) is 4.78. The number of benzene rings is 1. The molecule has 1 rings (SSSR count). The minimum absolute atomic E-state index is 0.344. The number of carbonyl (C=O) groups is 1. The van der Waals surface area contributed by atoms with Crippen LogP contribution in [0.1, 0.15) is 18.1 Å². The van der Waals surface area contributed by atoms with E-state index in [0.717, 1.165) is 12.1 Å². The van der Waals surface area contributed by atoms with Gasteiger partial charge in [-0.05, 0) is 17.7 Å². The molecule has 16 heavy (non-hydrogen) atoms. The van der Waals surface area contributed by atoms with Gasteiger partial charge in [-0.1, -0.05) is 12.1 Å². The van der Waals surface area contributed by atoms with Gasteiger partial charge in [0, 0.05) is 6.92 Å². The van der Waals surface area contributed by atoms with E-state index in [1.807, 2.05) is 0 Å². The van der Waals surface area contributed by atoms with E-state index in [9.17, 15) is 18.0 Å². The summed E-state index contributed by atoms with van der Waals surface area (Å²) in [4.78, 5) is 10.4. The number of hydrogen-bond donors (Lipinski definition) is 1. The van der Waals surface area contributed by atoms with Gasteiger partial charge < -0.3 is 0 Å². The molecule has 86 valence electrons. The lowest BCUT2D eigenvalue weighted by atomic mass is 10.1. The molecule has 0 aromatic heterocycles. The fourth-order valence-corrected chi connectivity index (χ4v) is 0.956. The summed E-state index contributed by atoms with van der Waals surface area (Å²) in [6.45, 7) is 1.28. The summed E-state index contributed by atoms with van der Waals surface area (Å²) in [5.74, 6) is -0.344. The van der Waals surface area contributed by atoms with Crippen molar-refractivity contribution in [3.63, 3.8) is 0 Å². The molecular formula is C10H9F3N2O. The molecule has 6 heteroatoms. The average molecular weight is 230 g/mol. The van der Waals surface area contributed by atoms with Crippen molar-refractivity contribution in [3.8, 4) is 0 Å². The normalized spacial score (nSPS) is 11.8. The number of halogens is 3. The highest BCUT2D eigenvalue weighted by molar-refractivity contribution is 5.81. The molecule has 0 aliphatic carbocycles. The van der Waals surface area contributed by atoms with Crippen molar-refractivity contribution in [1.29, 1.82) is 0 Å². The third-order valence-electron chi connectivity index (χ3n) is 1.67. The van der Waals surface area contributed by atoms with Crippen molar-refractivity contribution in [2.24, 2.45) is 5.10 Å². The van der Waals surface area contributed by atoms with Crippen molar-refractivity contribution in [3.05, 3.63) is 35.4 Å². The quantitative estimate of drug-likeness (QED) is 0.614. The van der Waals surface area contributed by atoms with Crippen LogP contribution < -0.4 is 5.43 Å². The fourth-order valence-electron chi connectivity index (χ4n) is 0.956. The van der Waals surface area contributed by atoms with Gasteiger partial charge >= 0.3 is 6.18 Å². The van der Waals surface area contributed by atoms with Gasteiger partial charge in [0.25, 0.3) is 0 Å². The Bertz CT molecular complexity index is 396. The molecule has 0 fully saturated rings. The van der Waals surface area contributed by atoms with E-state index in [4.69, 9.17) is 0 Å². The predicted molar refractivity (Wildman–Crippen MR) is 52.9 cm³/mol. The molecule has 0 saturated heterocycles. The number of nitrogens with zero attached hydrogens (tertiary/aromatic N) is 1. The predicted octanol–water partition coefficient (Wildman–Crippen LogP) is 2.18. The zero-order valence-corrected chi connectivity index (χ0v) is 8.38. The first-order valence-corrected chi connectivity index (χ1v) is 4.36. The molecular weight excluding hydrogens is 221 g/mol. The van der Waals surface area contributed by atoms with Gasteiger partial charge in [-0.2, -0.15) is 18.3 Å². The second-order valence-corrected chi connectivity index (χ2v) is 3.05. The number of nitrogens with one attached hydrogen (secondary N) is 1. The highest BCUT2D eigenvalue weighted by atomic mass is 19.4. The minimum Gasteiger partial charge on any atom is -0.274 e. The first kappa shape index (κ1) is 12.2. The summed E-state index contributed by atoms with van der Waals surface area (Å²) in [5, 5.41) is 3.53. The number of hydrogen-bond acceptors (Lipinski definition) is 2. The Labute approximate surface area is 90.0 Å². The SMILES string of the molecule is CC(=O)NN=Cc1ccc(C(F)(F)F)cc1. The van der Waals surface area contributed by atoms with E-state index in [1.165, 1.54) is 25.3 Å². The Balaban J connectivity index is 2.72. The van der Waals surface area contributed by atoms with Crippen molar-refractivity contribution < 1.29 is 18.0 Å². The summed E-state index contributed by atoms with van der Waals surface area (Å²) in [6.07, 6.45) is -3.07. The number of amides is 1. The lowest BCUT2D eigenvalue weighted by Crippen LogP contribution is -2.12. The van der Waals surface area contributed by atoms with Crippen molar-refractivity contribution in [1.82, 2.24) is 5.43 Å². The Morgan fingerprint density at radius 3 is 2.31 bits per heavy atom. The first-order chi connectivity index (χ1) is 7.39. The van der Waals surface area contributed by atoms with E-state index >= 15 is 0 Å². The van der Waals surface area contributed by atoms with E-state index < -0.39 is 11.7 Å². The van der Waals surface area contributed by atoms with Crippen LogP contribution in [0.4, 0.5) is 13.2 Å². The van der Waals surface area contributed by atoms with Crippen LogP contribution in [-0.4, -0.2) is 12.1 Å². The zero-order chi connectivity index (χ0) is 12.2. The van der Waals surface area contributed by atoms with Crippen LogP contribution in [0.15, 0.2) is 29.4 Å². The number of hydrazone groups is 1. The monoisotopic (exact) mass is 230 g/mol. The maximum absolute atomic E-state index is 12.2. The Morgan fingerprint density at radius 2 is 1.88 bits per heavy atom.